The number of ether oxygens (including phenoxy) is 1. The highest BCUT2D eigenvalue weighted by atomic mass is 32.2. The summed E-state index contributed by atoms with van der Waals surface area (Å²) in [7, 11) is -0.616. The molecule has 4 N–H and O–H groups in total. The zero-order chi connectivity index (χ0) is 39.2. The normalized spacial score (nSPS) is 16.7. The molecule has 1 aliphatic carbocycles. The molecule has 1 aliphatic rings. The summed E-state index contributed by atoms with van der Waals surface area (Å²) in [6, 6.07) is 15.6. The topological polar surface area (TPSA) is 188 Å². The minimum absolute atomic E-state index is 0.0686. The number of aromatic nitrogens is 4. The van der Waals surface area contributed by atoms with Crippen molar-refractivity contribution in [2.45, 2.75) is 76.3 Å². The molecule has 0 radical (unpaired) electrons. The number of tetrazole rings is 1. The number of hydrogen-bond acceptors (Lipinski definition) is 9. The summed E-state index contributed by atoms with van der Waals surface area (Å²) in [5.74, 6) is -1.50. The van der Waals surface area contributed by atoms with Gasteiger partial charge in [-0.25, -0.2) is 21.9 Å². The number of aromatic amines is 1. The summed E-state index contributed by atoms with van der Waals surface area (Å²) in [6.45, 7) is 7.70. The quantitative estimate of drug-likeness (QED) is 0.150. The second-order valence-corrected chi connectivity index (χ2v) is 16.9. The molecule has 1 heterocycles. The molecule has 3 aromatic carbocycles. The number of anilines is 1. The lowest BCUT2D eigenvalue weighted by atomic mass is 9.81. The maximum Gasteiger partial charge on any atom is 0.407 e. The molecule has 288 valence electrons. The van der Waals surface area contributed by atoms with Crippen LogP contribution in [0.3, 0.4) is 0 Å². The number of sulfonamides is 1. The van der Waals surface area contributed by atoms with E-state index in [9.17, 15) is 27.2 Å². The Balaban J connectivity index is 1.29. The number of carbonyl (C=O) groups is 3. The minimum atomic E-state index is -3.59. The highest BCUT2D eigenvalue weighted by Crippen LogP contribution is 2.30. The Morgan fingerprint density at radius 3 is 2.26 bits per heavy atom. The number of amides is 3. The maximum absolute atomic E-state index is 15.0. The average Bonchev–Trinajstić information content (AvgIpc) is 3.65. The molecule has 1 aromatic heterocycles. The van der Waals surface area contributed by atoms with Gasteiger partial charge in [-0.05, 0) is 117 Å². The van der Waals surface area contributed by atoms with Crippen LogP contribution in [0, 0.1) is 24.6 Å². The third kappa shape index (κ3) is 10.3. The Morgan fingerprint density at radius 2 is 1.67 bits per heavy atom. The summed E-state index contributed by atoms with van der Waals surface area (Å²) in [4.78, 5) is 39.7. The summed E-state index contributed by atoms with van der Waals surface area (Å²) in [5, 5.41) is 21.9. The Kier molecular flexibility index (Phi) is 12.5. The highest BCUT2D eigenvalue weighted by molar-refractivity contribution is 7.89. The van der Waals surface area contributed by atoms with Crippen LogP contribution in [-0.4, -0.2) is 83.5 Å². The van der Waals surface area contributed by atoms with Gasteiger partial charge in [0, 0.05) is 38.7 Å². The van der Waals surface area contributed by atoms with Crippen molar-refractivity contribution in [3.05, 3.63) is 77.6 Å². The van der Waals surface area contributed by atoms with Gasteiger partial charge in [-0.2, -0.15) is 5.21 Å². The Bertz CT molecular complexity index is 2060. The van der Waals surface area contributed by atoms with Gasteiger partial charge in [0.25, 0.3) is 0 Å². The van der Waals surface area contributed by atoms with Crippen LogP contribution in [0.15, 0.2) is 65.6 Å². The molecule has 4 aromatic rings. The van der Waals surface area contributed by atoms with Crippen LogP contribution in [0.1, 0.15) is 57.6 Å². The van der Waals surface area contributed by atoms with E-state index in [0.717, 1.165) is 41.2 Å². The van der Waals surface area contributed by atoms with Crippen molar-refractivity contribution in [2.24, 2.45) is 11.8 Å². The molecule has 0 saturated heterocycles. The maximum atomic E-state index is 15.0. The molecule has 1 unspecified atom stereocenters. The third-order valence-corrected chi connectivity index (χ3v) is 11.1. The fourth-order valence-electron chi connectivity index (χ4n) is 6.34. The van der Waals surface area contributed by atoms with Gasteiger partial charge in [0.15, 0.2) is 0 Å². The van der Waals surface area contributed by atoms with Gasteiger partial charge in [0.1, 0.15) is 17.5 Å². The predicted molar refractivity (Wildman–Crippen MR) is 201 cm³/mol. The van der Waals surface area contributed by atoms with Gasteiger partial charge >= 0.3 is 6.09 Å². The number of benzene rings is 3. The standard InChI is InChI=1S/C38H47FN8O6S/c1-23-19-29(54(51,52)47(5)6)16-18-30(23)26-11-7-24(8-12-26)20-33(36(49)41-28-15-17-31(32(39)21-28)34-43-45-46-44-34)42-35(48)27-13-9-25(10-14-27)22-40-37(50)53-38(2,3)4/h7-8,11-12,15-19,21,25,27,33H,9-10,13-14,20,22H2,1-6H3,(H,40,50)(H,41,49)(H,42,48)(H,43,44,45,46). The molecular weight excluding hydrogens is 716 g/mol. The molecule has 3 amide bonds. The lowest BCUT2D eigenvalue weighted by Crippen LogP contribution is -2.48. The summed E-state index contributed by atoms with van der Waals surface area (Å²) < 4.78 is 46.7. The Hall–Kier alpha value is -5.22. The van der Waals surface area contributed by atoms with Gasteiger partial charge in [0.2, 0.25) is 27.7 Å². The molecule has 0 aliphatic heterocycles. The molecule has 1 saturated carbocycles. The zero-order valence-corrected chi connectivity index (χ0v) is 32.1. The van der Waals surface area contributed by atoms with Crippen molar-refractivity contribution in [3.8, 4) is 22.5 Å². The van der Waals surface area contributed by atoms with Crippen LogP contribution >= 0.6 is 0 Å². The molecule has 5 rings (SSSR count). The van der Waals surface area contributed by atoms with E-state index in [1.54, 1.807) is 39.0 Å². The smallest absolute Gasteiger partial charge is 0.407 e. The second-order valence-electron chi connectivity index (χ2n) is 14.7. The van der Waals surface area contributed by atoms with E-state index >= 15 is 0 Å². The van der Waals surface area contributed by atoms with Crippen molar-refractivity contribution >= 4 is 33.6 Å². The van der Waals surface area contributed by atoms with Gasteiger partial charge in [-0.1, -0.05) is 30.3 Å². The first kappa shape index (κ1) is 40.0. The number of aryl methyl sites for hydroxylation is 1. The van der Waals surface area contributed by atoms with E-state index in [1.807, 2.05) is 31.2 Å². The predicted octanol–water partition coefficient (Wildman–Crippen LogP) is 5.23. The van der Waals surface area contributed by atoms with Gasteiger partial charge in [-0.15, -0.1) is 10.2 Å². The van der Waals surface area contributed by atoms with E-state index in [4.69, 9.17) is 4.74 Å². The average molecular weight is 763 g/mol. The van der Waals surface area contributed by atoms with Crippen molar-refractivity contribution < 1.29 is 31.9 Å². The fourth-order valence-corrected chi connectivity index (χ4v) is 7.32. The summed E-state index contributed by atoms with van der Waals surface area (Å²) in [6.07, 6.45) is 2.30. The van der Waals surface area contributed by atoms with E-state index in [2.05, 4.69) is 36.6 Å². The molecule has 14 nitrogen and oxygen atoms in total. The molecule has 16 heteroatoms. The van der Waals surface area contributed by atoms with Gasteiger partial charge in [0.05, 0.1) is 10.5 Å². The monoisotopic (exact) mass is 762 g/mol. The largest absolute Gasteiger partial charge is 0.444 e. The van der Waals surface area contributed by atoms with Crippen LogP contribution < -0.4 is 16.0 Å². The highest BCUT2D eigenvalue weighted by Gasteiger charge is 2.30. The number of halogens is 1. The Labute approximate surface area is 314 Å². The van der Waals surface area contributed by atoms with E-state index in [1.165, 1.54) is 30.5 Å². The van der Waals surface area contributed by atoms with Crippen molar-refractivity contribution in [2.75, 3.05) is 26.0 Å². The Morgan fingerprint density at radius 1 is 0.981 bits per heavy atom. The van der Waals surface area contributed by atoms with Crippen LogP contribution in [0.2, 0.25) is 0 Å². The number of rotatable bonds is 12. The second kappa shape index (κ2) is 16.8. The molecular formula is C38H47FN8O6S. The summed E-state index contributed by atoms with van der Waals surface area (Å²) >= 11 is 0. The molecule has 0 spiro atoms. The summed E-state index contributed by atoms with van der Waals surface area (Å²) in [5.41, 5.74) is 2.94. The number of carbonyl (C=O) groups excluding carboxylic acids is 3. The first-order valence-corrected chi connectivity index (χ1v) is 19.2. The number of nitrogens with one attached hydrogen (secondary N) is 4. The van der Waals surface area contributed by atoms with Crippen molar-refractivity contribution in [1.82, 2.24) is 35.6 Å². The van der Waals surface area contributed by atoms with Crippen LogP contribution in [0.5, 0.6) is 0 Å². The van der Waals surface area contributed by atoms with E-state index in [-0.39, 0.29) is 46.1 Å². The fraction of sp³-hybridized carbons (Fsp3) is 0.421. The van der Waals surface area contributed by atoms with Gasteiger partial charge < -0.3 is 20.7 Å². The minimum Gasteiger partial charge on any atom is -0.444 e. The lowest BCUT2D eigenvalue weighted by molar-refractivity contribution is -0.130. The number of nitrogens with zero attached hydrogens (tertiary/aromatic N) is 4. The van der Waals surface area contributed by atoms with Crippen LogP contribution in [0.25, 0.3) is 22.5 Å². The zero-order valence-electron chi connectivity index (χ0n) is 31.3. The van der Waals surface area contributed by atoms with E-state index in [0.29, 0.717) is 19.4 Å². The van der Waals surface area contributed by atoms with Gasteiger partial charge in [-0.3, -0.25) is 9.59 Å². The van der Waals surface area contributed by atoms with Crippen LogP contribution in [-0.2, 0) is 30.8 Å². The molecule has 1 atom stereocenters. The molecule has 1 fully saturated rings. The molecule has 54 heavy (non-hydrogen) atoms. The SMILES string of the molecule is Cc1cc(S(=O)(=O)N(C)C)ccc1-c1ccc(CC(NC(=O)C2CCC(CNC(=O)OC(C)(C)C)CC2)C(=O)Nc2ccc(-c3nn[nH]n3)c(F)c2)cc1. The molecule has 0 bridgehead atoms. The number of alkyl carbamates (subject to hydrolysis) is 1. The third-order valence-electron chi connectivity index (χ3n) is 9.29. The lowest BCUT2D eigenvalue weighted by Gasteiger charge is -2.29. The van der Waals surface area contributed by atoms with Crippen molar-refractivity contribution in [1.29, 1.82) is 0 Å². The van der Waals surface area contributed by atoms with Crippen LogP contribution in [0.4, 0.5) is 14.9 Å². The van der Waals surface area contributed by atoms with Crippen molar-refractivity contribution in [3.63, 3.8) is 0 Å². The number of hydrogen-bond donors (Lipinski definition) is 4. The number of H-pyrrole nitrogens is 1. The van der Waals surface area contributed by atoms with E-state index < -0.39 is 39.5 Å². The first-order valence-electron chi connectivity index (χ1n) is 17.7. The first-order chi connectivity index (χ1) is 25.5.